The lowest BCUT2D eigenvalue weighted by molar-refractivity contribution is 0.357. The van der Waals surface area contributed by atoms with Crippen LogP contribution in [0, 0.1) is 17.1 Å². The topological polar surface area (TPSA) is 103 Å². The molecule has 0 spiro atoms. The first-order chi connectivity index (χ1) is 19.7. The summed E-state index contributed by atoms with van der Waals surface area (Å²) in [6, 6.07) is 7.85. The fraction of sp³-hybridized carbons (Fsp3) is 0.414. The molecule has 0 saturated carbocycles. The van der Waals surface area contributed by atoms with E-state index in [-0.39, 0.29) is 22.3 Å². The molecule has 2 aromatic carbocycles. The zero-order valence-electron chi connectivity index (χ0n) is 22.7. The van der Waals surface area contributed by atoms with Crippen molar-refractivity contribution in [2.45, 2.75) is 42.3 Å². The van der Waals surface area contributed by atoms with E-state index in [0.29, 0.717) is 49.9 Å². The van der Waals surface area contributed by atoms with Crippen molar-refractivity contribution in [3.05, 3.63) is 45.1 Å². The van der Waals surface area contributed by atoms with Crippen molar-refractivity contribution in [1.29, 1.82) is 5.26 Å². The molecular formula is C29H29ClFN7OS2. The summed E-state index contributed by atoms with van der Waals surface area (Å²) in [5, 5.41) is 15.6. The minimum atomic E-state index is -0.430. The molecule has 212 valence electrons. The van der Waals surface area contributed by atoms with Crippen molar-refractivity contribution >= 4 is 66.5 Å². The van der Waals surface area contributed by atoms with Gasteiger partial charge in [0.15, 0.2) is 0 Å². The van der Waals surface area contributed by atoms with Gasteiger partial charge in [0.25, 0.3) is 0 Å². The van der Waals surface area contributed by atoms with Gasteiger partial charge in [-0.25, -0.2) is 9.18 Å². The number of aromatic nitrogens is 2. The molecule has 3 atom stereocenters. The number of rotatable bonds is 5. The Balaban J connectivity index is 1.52. The van der Waals surface area contributed by atoms with E-state index in [2.05, 4.69) is 21.2 Å². The molecule has 8 nitrogen and oxygen atoms in total. The minimum absolute atomic E-state index is 0.0422. The summed E-state index contributed by atoms with van der Waals surface area (Å²) in [7, 11) is 4.05. The zero-order chi connectivity index (χ0) is 28.6. The number of thiophene rings is 1. The van der Waals surface area contributed by atoms with Gasteiger partial charge in [0.05, 0.1) is 20.8 Å². The van der Waals surface area contributed by atoms with Crippen LogP contribution < -0.4 is 21.6 Å². The first-order valence-corrected chi connectivity index (χ1v) is 15.9. The number of hydrogen-bond acceptors (Lipinski definition) is 9. The van der Waals surface area contributed by atoms with Crippen LogP contribution in [0.3, 0.4) is 0 Å². The maximum atomic E-state index is 14.9. The van der Waals surface area contributed by atoms with Crippen LogP contribution in [0.15, 0.2) is 27.9 Å². The van der Waals surface area contributed by atoms with E-state index in [1.54, 1.807) is 17.8 Å². The molecular weight excluding hydrogens is 581 g/mol. The third-order valence-corrected chi connectivity index (χ3v) is 11.1. The van der Waals surface area contributed by atoms with Gasteiger partial charge in [-0.3, -0.25) is 4.57 Å². The Bertz CT molecular complexity index is 1820. The van der Waals surface area contributed by atoms with Crippen LogP contribution in [0.4, 0.5) is 15.2 Å². The number of fused-ring (bicyclic) bond motifs is 3. The molecule has 2 saturated heterocycles. The number of nitrogen functional groups attached to an aromatic ring is 1. The summed E-state index contributed by atoms with van der Waals surface area (Å²) in [5.41, 5.74) is 8.29. The van der Waals surface area contributed by atoms with Crippen molar-refractivity contribution in [1.82, 2.24) is 19.8 Å². The number of benzene rings is 2. The van der Waals surface area contributed by atoms with Crippen molar-refractivity contribution < 1.29 is 4.39 Å². The zero-order valence-corrected chi connectivity index (χ0v) is 25.1. The first kappa shape index (κ1) is 27.0. The Morgan fingerprint density at radius 3 is 2.76 bits per heavy atom. The van der Waals surface area contributed by atoms with Crippen molar-refractivity contribution in [2.75, 3.05) is 50.1 Å². The van der Waals surface area contributed by atoms with Crippen LogP contribution in [0.1, 0.15) is 30.9 Å². The van der Waals surface area contributed by atoms with Gasteiger partial charge in [-0.2, -0.15) is 10.2 Å². The monoisotopic (exact) mass is 609 g/mol. The molecule has 0 radical (unpaired) electrons. The number of nitrogens with two attached hydrogens (primary N) is 1. The Morgan fingerprint density at radius 2 is 2.05 bits per heavy atom. The van der Waals surface area contributed by atoms with Gasteiger partial charge in [0.1, 0.15) is 22.7 Å². The van der Waals surface area contributed by atoms with Crippen LogP contribution >= 0.6 is 34.7 Å². The number of nitriles is 1. The number of nitrogens with one attached hydrogen (secondary N) is 1. The predicted molar refractivity (Wildman–Crippen MR) is 166 cm³/mol. The lowest BCUT2D eigenvalue weighted by atomic mass is 9.97. The fourth-order valence-corrected chi connectivity index (χ4v) is 9.34. The second-order valence-electron chi connectivity index (χ2n) is 11.4. The largest absolute Gasteiger partial charge is 0.389 e. The lowest BCUT2D eigenvalue weighted by Gasteiger charge is -2.36. The van der Waals surface area contributed by atoms with Crippen molar-refractivity contribution in [3.63, 3.8) is 0 Å². The number of halogens is 2. The Kier molecular flexibility index (Phi) is 6.67. The second-order valence-corrected chi connectivity index (χ2v) is 13.9. The third kappa shape index (κ3) is 4.31. The molecule has 4 aromatic rings. The van der Waals surface area contributed by atoms with Crippen LogP contribution in [-0.4, -0.2) is 66.0 Å². The summed E-state index contributed by atoms with van der Waals surface area (Å²) in [6.07, 6.45) is 3.02. The Labute approximate surface area is 249 Å². The third-order valence-electron chi connectivity index (χ3n) is 8.51. The van der Waals surface area contributed by atoms with E-state index in [1.807, 2.05) is 24.7 Å². The highest BCUT2D eigenvalue weighted by molar-refractivity contribution is 7.99. The molecule has 41 heavy (non-hydrogen) atoms. The van der Waals surface area contributed by atoms with Gasteiger partial charge in [0, 0.05) is 58.2 Å². The molecule has 3 N–H and O–H groups in total. The van der Waals surface area contributed by atoms with Crippen LogP contribution in [0.25, 0.3) is 32.1 Å². The van der Waals surface area contributed by atoms with Crippen LogP contribution in [0.5, 0.6) is 0 Å². The van der Waals surface area contributed by atoms with E-state index in [1.165, 1.54) is 6.07 Å². The summed E-state index contributed by atoms with van der Waals surface area (Å²) < 4.78 is 17.1. The summed E-state index contributed by atoms with van der Waals surface area (Å²) in [6.45, 7) is 2.40. The summed E-state index contributed by atoms with van der Waals surface area (Å²) >= 11 is 9.86. The number of piperazine rings is 1. The Morgan fingerprint density at radius 1 is 1.29 bits per heavy atom. The molecule has 3 aliphatic rings. The highest BCUT2D eigenvalue weighted by Gasteiger charge is 2.36. The van der Waals surface area contributed by atoms with Gasteiger partial charge in [-0.05, 0) is 57.6 Å². The molecule has 2 bridgehead atoms. The fourth-order valence-electron chi connectivity index (χ4n) is 6.65. The molecule has 2 fully saturated rings. The van der Waals surface area contributed by atoms with E-state index >= 15 is 0 Å². The molecule has 2 aromatic heterocycles. The van der Waals surface area contributed by atoms with Gasteiger partial charge in [-0.1, -0.05) is 17.7 Å². The van der Waals surface area contributed by atoms with Gasteiger partial charge in [-0.15, -0.1) is 23.1 Å². The molecule has 2 unspecified atom stereocenters. The van der Waals surface area contributed by atoms with Crippen LogP contribution in [0.2, 0.25) is 5.02 Å². The second kappa shape index (κ2) is 10.1. The maximum Gasteiger partial charge on any atom is 0.350 e. The molecule has 3 aliphatic heterocycles. The predicted octanol–water partition coefficient (Wildman–Crippen LogP) is 5.06. The first-order valence-electron chi connectivity index (χ1n) is 13.7. The SMILES string of the molecule is CN(C)CC[C@H]1CSc2c(-c3ccc(F)c4sc(N)c(C#N)c34)c(Cl)cc3c(N4CC5CCC(C4)N5)nc(=O)n1c23. The number of nitrogens with zero attached hydrogens (tertiary/aromatic N) is 5. The quantitative estimate of drug-likeness (QED) is 0.324. The highest BCUT2D eigenvalue weighted by atomic mass is 35.5. The number of thioether (sulfide) groups is 1. The minimum Gasteiger partial charge on any atom is -0.389 e. The molecule has 0 aliphatic carbocycles. The molecule has 7 rings (SSSR count). The van der Waals surface area contributed by atoms with Crippen molar-refractivity contribution in [3.8, 4) is 17.2 Å². The smallest absolute Gasteiger partial charge is 0.350 e. The number of anilines is 2. The maximum absolute atomic E-state index is 14.9. The normalized spacial score (nSPS) is 21.8. The van der Waals surface area contributed by atoms with Gasteiger partial charge < -0.3 is 20.9 Å². The average Bonchev–Trinajstić information content (AvgIpc) is 3.47. The van der Waals surface area contributed by atoms with Gasteiger partial charge in [0.2, 0.25) is 0 Å². The van der Waals surface area contributed by atoms with E-state index in [0.717, 1.165) is 66.0 Å². The molecule has 0 amide bonds. The van der Waals surface area contributed by atoms with Crippen molar-refractivity contribution in [2.24, 2.45) is 0 Å². The van der Waals surface area contributed by atoms with Crippen LogP contribution in [-0.2, 0) is 0 Å². The number of hydrogen-bond donors (Lipinski definition) is 2. The Hall–Kier alpha value is -2.88. The highest BCUT2D eigenvalue weighted by Crippen LogP contribution is 2.51. The lowest BCUT2D eigenvalue weighted by Crippen LogP contribution is -2.52. The van der Waals surface area contributed by atoms with Gasteiger partial charge >= 0.3 is 5.69 Å². The van der Waals surface area contributed by atoms with E-state index < -0.39 is 5.82 Å². The summed E-state index contributed by atoms with van der Waals surface area (Å²) in [4.78, 5) is 23.8. The average molecular weight is 610 g/mol. The summed E-state index contributed by atoms with van der Waals surface area (Å²) in [5.74, 6) is 0.911. The standard InChI is InChI=1S/C29H29ClFN7OS2/c1-36(2)8-7-16-13-40-26-23(17-5-6-21(31)25-22(17)19(10-32)27(33)41-25)20(30)9-18-24(26)38(16)29(39)35-28(18)37-11-14-3-4-15(12-37)34-14/h5-6,9,14-16,34H,3-4,7-8,11-13,33H2,1-2H3/t14?,15?,16-/m0/s1. The molecule has 5 heterocycles. The van der Waals surface area contributed by atoms with E-state index in [4.69, 9.17) is 22.3 Å². The van der Waals surface area contributed by atoms with E-state index in [9.17, 15) is 14.4 Å². The molecule has 12 heteroatoms.